The Labute approximate surface area is 95.0 Å². The van der Waals surface area contributed by atoms with Crippen LogP contribution in [0.15, 0.2) is 24.3 Å². The third-order valence-electron chi connectivity index (χ3n) is 2.40. The van der Waals surface area contributed by atoms with Crippen molar-refractivity contribution in [1.29, 1.82) is 0 Å². The van der Waals surface area contributed by atoms with E-state index in [1.54, 1.807) is 0 Å². The molecule has 0 atom stereocenters. The van der Waals surface area contributed by atoms with Crippen LogP contribution in [0, 0.1) is 6.57 Å². The number of rotatable bonds is 0. The van der Waals surface area contributed by atoms with Crippen LogP contribution in [0.25, 0.3) is 15.7 Å². The molecule has 2 rings (SSSR count). The SMILES string of the molecule is [C-]#[N+]c1nc(C(C)(C)C)c2ccccc2n1. The molecular formula is C13H13N3. The quantitative estimate of drug-likeness (QED) is 0.624. The van der Waals surface area contributed by atoms with Gasteiger partial charge in [-0.25, -0.2) is 0 Å². The van der Waals surface area contributed by atoms with Crippen molar-refractivity contribution >= 4 is 16.9 Å². The number of nitrogens with zero attached hydrogens (tertiary/aromatic N) is 3. The normalized spacial score (nSPS) is 11.4. The maximum absolute atomic E-state index is 7.02. The molecule has 0 saturated carbocycles. The second-order valence-corrected chi connectivity index (χ2v) is 4.75. The summed E-state index contributed by atoms with van der Waals surface area (Å²) in [4.78, 5) is 11.9. The van der Waals surface area contributed by atoms with Crippen LogP contribution in [-0.2, 0) is 5.41 Å². The molecule has 80 valence electrons. The van der Waals surface area contributed by atoms with Crippen LogP contribution >= 0.6 is 0 Å². The summed E-state index contributed by atoms with van der Waals surface area (Å²) in [6.07, 6.45) is 0. The van der Waals surface area contributed by atoms with Crippen LogP contribution in [0.2, 0.25) is 0 Å². The largest absolute Gasteiger partial charge is 0.394 e. The first-order valence-electron chi connectivity index (χ1n) is 5.17. The number of benzene rings is 1. The first kappa shape index (κ1) is 10.6. The highest BCUT2D eigenvalue weighted by Crippen LogP contribution is 2.28. The molecule has 1 heterocycles. The lowest BCUT2D eigenvalue weighted by Crippen LogP contribution is -2.14. The van der Waals surface area contributed by atoms with E-state index in [1.807, 2.05) is 24.3 Å². The molecule has 0 saturated heterocycles. The van der Waals surface area contributed by atoms with Crippen LogP contribution in [-0.4, -0.2) is 9.97 Å². The Bertz CT molecular complexity index is 574. The van der Waals surface area contributed by atoms with E-state index < -0.39 is 0 Å². The number of hydrogen-bond donors (Lipinski definition) is 0. The van der Waals surface area contributed by atoms with Gasteiger partial charge < -0.3 is 4.85 Å². The van der Waals surface area contributed by atoms with Crippen molar-refractivity contribution in [3.63, 3.8) is 0 Å². The monoisotopic (exact) mass is 211 g/mol. The van der Waals surface area contributed by atoms with Gasteiger partial charge in [-0.3, -0.25) is 0 Å². The van der Waals surface area contributed by atoms with Gasteiger partial charge in [0.1, 0.15) is 11.2 Å². The smallest absolute Gasteiger partial charge is 0.372 e. The number of aromatic nitrogens is 2. The van der Waals surface area contributed by atoms with Crippen LogP contribution in [0.5, 0.6) is 0 Å². The van der Waals surface area contributed by atoms with Crippen molar-refractivity contribution < 1.29 is 0 Å². The van der Waals surface area contributed by atoms with Gasteiger partial charge >= 0.3 is 5.95 Å². The van der Waals surface area contributed by atoms with Crippen LogP contribution in [0.4, 0.5) is 5.95 Å². The molecule has 0 spiro atoms. The molecule has 0 unspecified atom stereocenters. The van der Waals surface area contributed by atoms with E-state index in [-0.39, 0.29) is 11.4 Å². The van der Waals surface area contributed by atoms with E-state index in [4.69, 9.17) is 6.57 Å². The third-order valence-corrected chi connectivity index (χ3v) is 2.40. The Hall–Kier alpha value is -1.95. The molecule has 0 aliphatic carbocycles. The average molecular weight is 211 g/mol. The van der Waals surface area contributed by atoms with Crippen molar-refractivity contribution in [3.05, 3.63) is 41.4 Å². The average Bonchev–Trinajstić information content (AvgIpc) is 2.26. The second kappa shape index (κ2) is 3.57. The topological polar surface area (TPSA) is 30.1 Å². The highest BCUT2D eigenvalue weighted by Gasteiger charge is 2.22. The summed E-state index contributed by atoms with van der Waals surface area (Å²) >= 11 is 0. The molecule has 0 radical (unpaired) electrons. The lowest BCUT2D eigenvalue weighted by atomic mass is 9.89. The fraction of sp³-hybridized carbons (Fsp3) is 0.308. The molecule has 1 aromatic carbocycles. The number of hydrogen-bond acceptors (Lipinski definition) is 2. The van der Waals surface area contributed by atoms with Gasteiger partial charge in [-0.15, -0.1) is 11.6 Å². The Morgan fingerprint density at radius 2 is 1.81 bits per heavy atom. The molecule has 3 heteroatoms. The zero-order valence-electron chi connectivity index (χ0n) is 9.65. The maximum Gasteiger partial charge on any atom is 0.372 e. The van der Waals surface area contributed by atoms with Gasteiger partial charge in [0.25, 0.3) is 0 Å². The third kappa shape index (κ3) is 1.74. The Morgan fingerprint density at radius 3 is 2.44 bits per heavy atom. The van der Waals surface area contributed by atoms with Crippen molar-refractivity contribution in [2.75, 3.05) is 0 Å². The Kier molecular flexibility index (Phi) is 2.35. The molecule has 0 bridgehead atoms. The molecule has 3 nitrogen and oxygen atoms in total. The van der Waals surface area contributed by atoms with Gasteiger partial charge in [0.05, 0.1) is 5.39 Å². The predicted octanol–water partition coefficient (Wildman–Crippen LogP) is 3.48. The van der Waals surface area contributed by atoms with Gasteiger partial charge in [-0.2, -0.15) is 4.98 Å². The van der Waals surface area contributed by atoms with E-state index in [9.17, 15) is 0 Å². The van der Waals surface area contributed by atoms with Crippen molar-refractivity contribution in [3.8, 4) is 0 Å². The fourth-order valence-electron chi connectivity index (χ4n) is 1.69. The van der Waals surface area contributed by atoms with E-state index in [1.165, 1.54) is 0 Å². The van der Waals surface area contributed by atoms with Gasteiger partial charge in [0.2, 0.25) is 0 Å². The maximum atomic E-state index is 7.02. The standard InChI is InChI=1S/C13H13N3/c1-13(2,3)11-9-7-5-6-8-10(9)15-12(14-4)16-11/h5-8H,1-3H3. The van der Waals surface area contributed by atoms with Crippen molar-refractivity contribution in [2.45, 2.75) is 26.2 Å². The molecular weight excluding hydrogens is 198 g/mol. The summed E-state index contributed by atoms with van der Waals surface area (Å²) in [5, 5.41) is 1.03. The van der Waals surface area contributed by atoms with Crippen LogP contribution in [0.1, 0.15) is 26.5 Å². The molecule has 0 amide bonds. The summed E-state index contributed by atoms with van der Waals surface area (Å²) in [6, 6.07) is 7.82. The lowest BCUT2D eigenvalue weighted by molar-refractivity contribution is 0.575. The first-order valence-corrected chi connectivity index (χ1v) is 5.17. The Balaban J connectivity index is 2.86. The summed E-state index contributed by atoms with van der Waals surface area (Å²) < 4.78 is 0. The molecule has 0 aliphatic rings. The summed E-state index contributed by atoms with van der Waals surface area (Å²) in [5.74, 6) is 0.226. The zero-order chi connectivity index (χ0) is 11.8. The molecule has 2 aromatic rings. The minimum Gasteiger partial charge on any atom is -0.394 e. The highest BCUT2D eigenvalue weighted by molar-refractivity contribution is 5.82. The molecule has 0 fully saturated rings. The van der Waals surface area contributed by atoms with Crippen LogP contribution in [0.3, 0.4) is 0 Å². The minimum absolute atomic E-state index is 0.0814. The predicted molar refractivity (Wildman–Crippen MR) is 64.5 cm³/mol. The molecule has 0 N–H and O–H groups in total. The van der Waals surface area contributed by atoms with Crippen molar-refractivity contribution in [1.82, 2.24) is 9.97 Å². The number of para-hydroxylation sites is 1. The zero-order valence-corrected chi connectivity index (χ0v) is 9.65. The summed E-state index contributed by atoms with van der Waals surface area (Å²) in [7, 11) is 0. The van der Waals surface area contributed by atoms with E-state index in [2.05, 4.69) is 35.6 Å². The minimum atomic E-state index is -0.0814. The summed E-state index contributed by atoms with van der Waals surface area (Å²) in [6.45, 7) is 13.3. The van der Waals surface area contributed by atoms with Gasteiger partial charge in [0.15, 0.2) is 0 Å². The van der Waals surface area contributed by atoms with E-state index in [0.717, 1.165) is 16.6 Å². The molecule has 1 aromatic heterocycles. The lowest BCUT2D eigenvalue weighted by Gasteiger charge is -2.17. The van der Waals surface area contributed by atoms with E-state index >= 15 is 0 Å². The van der Waals surface area contributed by atoms with Gasteiger partial charge in [-0.05, 0) is 12.1 Å². The fourth-order valence-corrected chi connectivity index (χ4v) is 1.69. The summed E-state index contributed by atoms with van der Waals surface area (Å²) in [5.41, 5.74) is 1.69. The van der Waals surface area contributed by atoms with Gasteiger partial charge in [-0.1, -0.05) is 32.9 Å². The second-order valence-electron chi connectivity index (χ2n) is 4.75. The van der Waals surface area contributed by atoms with Crippen molar-refractivity contribution in [2.24, 2.45) is 0 Å². The van der Waals surface area contributed by atoms with Crippen LogP contribution < -0.4 is 0 Å². The van der Waals surface area contributed by atoms with Gasteiger partial charge in [0, 0.05) is 5.41 Å². The number of fused-ring (bicyclic) bond motifs is 1. The first-order chi connectivity index (χ1) is 7.52. The molecule has 0 aliphatic heterocycles. The van der Waals surface area contributed by atoms with E-state index in [0.29, 0.717) is 0 Å². The Morgan fingerprint density at radius 1 is 1.12 bits per heavy atom. The highest BCUT2D eigenvalue weighted by atomic mass is 15.0. The molecule has 16 heavy (non-hydrogen) atoms.